The molecule has 0 aliphatic carbocycles. The first-order valence-corrected chi connectivity index (χ1v) is 7.23. The van der Waals surface area contributed by atoms with Gasteiger partial charge in [0.05, 0.1) is 5.56 Å². The van der Waals surface area contributed by atoms with Crippen molar-refractivity contribution in [1.82, 2.24) is 4.98 Å². The molecule has 0 unspecified atom stereocenters. The lowest BCUT2D eigenvalue weighted by molar-refractivity contribution is -0.138. The second-order valence-corrected chi connectivity index (χ2v) is 6.76. The number of carboxylic acid groups (broad SMARTS) is 1. The maximum atomic E-state index is 13.8. The van der Waals surface area contributed by atoms with Crippen LogP contribution in [0.5, 0.6) is 0 Å². The summed E-state index contributed by atoms with van der Waals surface area (Å²) in [5.74, 6) is -1.55. The van der Waals surface area contributed by atoms with Gasteiger partial charge in [-0.25, -0.2) is 4.39 Å². The number of hydrogen-bond donors (Lipinski definition) is 1. The summed E-state index contributed by atoms with van der Waals surface area (Å²) in [5.41, 5.74) is 1.14. The van der Waals surface area contributed by atoms with Crippen molar-refractivity contribution in [2.24, 2.45) is 0 Å². The molecular weight excluding hydrogens is 303 g/mol. The number of aliphatic carboxylic acids is 1. The quantitative estimate of drug-likeness (QED) is 0.870. The predicted octanol–water partition coefficient (Wildman–Crippen LogP) is 3.71. The number of rotatable bonds is 4. The summed E-state index contributed by atoms with van der Waals surface area (Å²) in [6.07, 6.45) is 3.12. The number of nitrogens with zero attached hydrogens (tertiary/aromatic N) is 2. The van der Waals surface area contributed by atoms with Crippen molar-refractivity contribution in [3.63, 3.8) is 0 Å². The van der Waals surface area contributed by atoms with E-state index in [0.717, 1.165) is 11.8 Å². The zero-order valence-corrected chi connectivity index (χ0v) is 12.8. The number of benzene rings is 1. The monoisotopic (exact) mass is 316 g/mol. The van der Waals surface area contributed by atoms with Crippen molar-refractivity contribution in [3.8, 4) is 17.2 Å². The summed E-state index contributed by atoms with van der Waals surface area (Å²) in [4.78, 5) is 16.0. The number of carbonyl (C=O) groups is 1. The Morgan fingerprint density at radius 1 is 1.41 bits per heavy atom. The highest BCUT2D eigenvalue weighted by atomic mass is 32.2. The molecule has 1 heterocycles. The third-order valence-corrected chi connectivity index (χ3v) is 4.32. The Kier molecular flexibility index (Phi) is 4.48. The lowest BCUT2D eigenvalue weighted by atomic mass is 10.1. The van der Waals surface area contributed by atoms with Gasteiger partial charge in [-0.1, -0.05) is 6.07 Å². The van der Waals surface area contributed by atoms with Crippen molar-refractivity contribution in [1.29, 1.82) is 5.26 Å². The van der Waals surface area contributed by atoms with Crippen molar-refractivity contribution >= 4 is 17.7 Å². The van der Waals surface area contributed by atoms with Crippen LogP contribution in [0.1, 0.15) is 19.4 Å². The molecule has 4 nitrogen and oxygen atoms in total. The van der Waals surface area contributed by atoms with Gasteiger partial charge in [0.1, 0.15) is 16.6 Å². The number of thioether (sulfide) groups is 1. The van der Waals surface area contributed by atoms with E-state index in [4.69, 9.17) is 5.26 Å². The van der Waals surface area contributed by atoms with Crippen molar-refractivity contribution in [2.75, 3.05) is 0 Å². The second kappa shape index (κ2) is 6.16. The summed E-state index contributed by atoms with van der Waals surface area (Å²) in [6, 6.07) is 7.74. The molecule has 6 heteroatoms. The molecule has 22 heavy (non-hydrogen) atoms. The van der Waals surface area contributed by atoms with Crippen molar-refractivity contribution < 1.29 is 14.3 Å². The Labute approximate surface area is 131 Å². The van der Waals surface area contributed by atoms with Crippen molar-refractivity contribution in [2.45, 2.75) is 23.5 Å². The molecule has 0 aliphatic rings. The van der Waals surface area contributed by atoms with Gasteiger partial charge in [0, 0.05) is 22.9 Å². The number of pyridine rings is 1. The first kappa shape index (κ1) is 16.0. The van der Waals surface area contributed by atoms with Crippen LogP contribution in [-0.4, -0.2) is 20.8 Å². The number of hydrogen-bond acceptors (Lipinski definition) is 4. The summed E-state index contributed by atoms with van der Waals surface area (Å²) in [6.45, 7) is 3.20. The average molecular weight is 316 g/mol. The maximum absolute atomic E-state index is 13.8. The standard InChI is InChI=1S/C16H13FN2O2S/c1-16(2,15(20)21)22-14-5-6-19-9-12(14)10-3-4-11(8-18)13(17)7-10/h3-7,9H,1-2H3,(H,20,21). The molecule has 0 saturated carbocycles. The number of halogens is 1. The Balaban J connectivity index is 2.47. The fourth-order valence-electron chi connectivity index (χ4n) is 1.78. The van der Waals surface area contributed by atoms with Crippen LogP contribution in [0.4, 0.5) is 4.39 Å². The van der Waals surface area contributed by atoms with Gasteiger partial charge in [-0.3, -0.25) is 9.78 Å². The maximum Gasteiger partial charge on any atom is 0.319 e. The largest absolute Gasteiger partial charge is 0.480 e. The Hall–Kier alpha value is -2.39. The molecule has 0 atom stereocenters. The zero-order chi connectivity index (χ0) is 16.3. The lowest BCUT2D eigenvalue weighted by Gasteiger charge is -2.20. The Morgan fingerprint density at radius 2 is 2.14 bits per heavy atom. The molecule has 0 bridgehead atoms. The third-order valence-electron chi connectivity index (χ3n) is 3.06. The van der Waals surface area contributed by atoms with Crippen LogP contribution >= 0.6 is 11.8 Å². The summed E-state index contributed by atoms with van der Waals surface area (Å²) >= 11 is 1.16. The number of aromatic nitrogens is 1. The topological polar surface area (TPSA) is 74.0 Å². The fourth-order valence-corrected chi connectivity index (χ4v) is 2.83. The normalized spacial score (nSPS) is 11.0. The van der Waals surface area contributed by atoms with E-state index in [1.807, 2.05) is 0 Å². The van der Waals surface area contributed by atoms with Gasteiger partial charge in [-0.05, 0) is 37.6 Å². The first-order valence-electron chi connectivity index (χ1n) is 6.41. The van der Waals surface area contributed by atoms with Crippen LogP contribution in [0.15, 0.2) is 41.6 Å². The van der Waals surface area contributed by atoms with Gasteiger partial charge in [0.15, 0.2) is 0 Å². The van der Waals surface area contributed by atoms with Crippen LogP contribution in [-0.2, 0) is 4.79 Å². The number of carboxylic acids is 1. The van der Waals surface area contributed by atoms with Crippen LogP contribution in [0.3, 0.4) is 0 Å². The van der Waals surface area contributed by atoms with E-state index in [0.29, 0.717) is 16.0 Å². The summed E-state index contributed by atoms with van der Waals surface area (Å²) in [5, 5.41) is 18.0. The highest BCUT2D eigenvalue weighted by Crippen LogP contribution is 2.38. The van der Waals surface area contributed by atoms with Crippen LogP contribution in [0, 0.1) is 17.1 Å². The van der Waals surface area contributed by atoms with E-state index < -0.39 is 16.5 Å². The van der Waals surface area contributed by atoms with E-state index in [9.17, 15) is 14.3 Å². The lowest BCUT2D eigenvalue weighted by Crippen LogP contribution is -2.27. The molecule has 0 saturated heterocycles. The SMILES string of the molecule is CC(C)(Sc1ccncc1-c1ccc(C#N)c(F)c1)C(=O)O. The molecule has 2 aromatic rings. The van der Waals surface area contributed by atoms with E-state index in [1.54, 1.807) is 44.4 Å². The molecular formula is C16H13FN2O2S. The van der Waals surface area contributed by atoms with Crippen LogP contribution < -0.4 is 0 Å². The van der Waals surface area contributed by atoms with Crippen LogP contribution in [0.25, 0.3) is 11.1 Å². The second-order valence-electron chi connectivity index (χ2n) is 5.10. The first-order chi connectivity index (χ1) is 10.3. The molecule has 0 radical (unpaired) electrons. The highest BCUT2D eigenvalue weighted by Gasteiger charge is 2.29. The van der Waals surface area contributed by atoms with Gasteiger partial charge in [0.25, 0.3) is 0 Å². The minimum Gasteiger partial charge on any atom is -0.480 e. The molecule has 0 fully saturated rings. The third kappa shape index (κ3) is 3.26. The van der Waals surface area contributed by atoms with E-state index in [1.165, 1.54) is 12.1 Å². The molecule has 1 N–H and O–H groups in total. The minimum absolute atomic E-state index is 0.0345. The Morgan fingerprint density at radius 3 is 2.73 bits per heavy atom. The average Bonchev–Trinajstić information content (AvgIpc) is 2.47. The Bertz CT molecular complexity index is 769. The zero-order valence-electron chi connectivity index (χ0n) is 12.0. The predicted molar refractivity (Wildman–Crippen MR) is 81.9 cm³/mol. The van der Waals surface area contributed by atoms with Crippen molar-refractivity contribution in [3.05, 3.63) is 48.0 Å². The number of nitriles is 1. The molecule has 0 amide bonds. The molecule has 2 rings (SSSR count). The molecule has 1 aromatic heterocycles. The van der Waals surface area contributed by atoms with Gasteiger partial charge >= 0.3 is 5.97 Å². The molecule has 0 spiro atoms. The van der Waals surface area contributed by atoms with Gasteiger partial charge < -0.3 is 5.11 Å². The highest BCUT2D eigenvalue weighted by molar-refractivity contribution is 8.01. The van der Waals surface area contributed by atoms with E-state index >= 15 is 0 Å². The molecule has 0 aliphatic heterocycles. The minimum atomic E-state index is -1.03. The summed E-state index contributed by atoms with van der Waals surface area (Å²) in [7, 11) is 0. The van der Waals surface area contributed by atoms with Gasteiger partial charge in [-0.2, -0.15) is 5.26 Å². The molecule has 112 valence electrons. The molecule has 1 aromatic carbocycles. The van der Waals surface area contributed by atoms with E-state index in [-0.39, 0.29) is 5.56 Å². The van der Waals surface area contributed by atoms with Gasteiger partial charge in [0.2, 0.25) is 0 Å². The summed E-state index contributed by atoms with van der Waals surface area (Å²) < 4.78 is 12.8. The van der Waals surface area contributed by atoms with Gasteiger partial charge in [-0.15, -0.1) is 11.8 Å². The fraction of sp³-hybridized carbons (Fsp3) is 0.188. The van der Waals surface area contributed by atoms with Crippen LogP contribution in [0.2, 0.25) is 0 Å². The van der Waals surface area contributed by atoms with E-state index in [2.05, 4.69) is 4.98 Å². The smallest absolute Gasteiger partial charge is 0.319 e.